The summed E-state index contributed by atoms with van der Waals surface area (Å²) in [6.07, 6.45) is 4.35. The molecule has 160 valence electrons. The molecule has 0 fully saturated rings. The van der Waals surface area contributed by atoms with E-state index >= 15 is 0 Å². The van der Waals surface area contributed by atoms with E-state index in [1.54, 1.807) is 30.5 Å². The van der Waals surface area contributed by atoms with Crippen molar-refractivity contribution in [2.24, 2.45) is 0 Å². The van der Waals surface area contributed by atoms with Gasteiger partial charge in [-0.2, -0.15) is 0 Å². The molecule has 0 N–H and O–H groups in total. The summed E-state index contributed by atoms with van der Waals surface area (Å²) in [7, 11) is 1.58. The Bertz CT molecular complexity index is 1410. The van der Waals surface area contributed by atoms with Gasteiger partial charge in [0.25, 0.3) is 5.91 Å². The third kappa shape index (κ3) is 3.61. The molecule has 6 nitrogen and oxygen atoms in total. The van der Waals surface area contributed by atoms with Crippen molar-refractivity contribution in [2.45, 2.75) is 19.9 Å². The highest BCUT2D eigenvalue weighted by atomic mass is 32.1. The van der Waals surface area contributed by atoms with E-state index in [4.69, 9.17) is 14.1 Å². The fourth-order valence-electron chi connectivity index (χ4n) is 3.73. The lowest BCUT2D eigenvalue weighted by Crippen LogP contribution is -2.30. The van der Waals surface area contributed by atoms with Crippen molar-refractivity contribution in [3.8, 4) is 5.75 Å². The Morgan fingerprint density at radius 1 is 1.16 bits per heavy atom. The van der Waals surface area contributed by atoms with E-state index in [0.29, 0.717) is 23.0 Å². The molecule has 7 heteroatoms. The number of aryl methyl sites for hydroxylation is 1. The van der Waals surface area contributed by atoms with Crippen LogP contribution in [0.1, 0.15) is 28.6 Å². The van der Waals surface area contributed by atoms with Crippen LogP contribution in [-0.2, 0) is 13.0 Å². The van der Waals surface area contributed by atoms with Crippen molar-refractivity contribution in [3.63, 3.8) is 0 Å². The van der Waals surface area contributed by atoms with Gasteiger partial charge in [0.2, 0.25) is 0 Å². The van der Waals surface area contributed by atoms with Gasteiger partial charge in [0.05, 0.1) is 23.9 Å². The number of benzene rings is 2. The van der Waals surface area contributed by atoms with Gasteiger partial charge in [-0.1, -0.05) is 48.6 Å². The fraction of sp³-hybridized carbons (Fsp3) is 0.160. The summed E-state index contributed by atoms with van der Waals surface area (Å²) in [6.45, 7) is 2.44. The van der Waals surface area contributed by atoms with Crippen molar-refractivity contribution < 1.29 is 13.9 Å². The van der Waals surface area contributed by atoms with E-state index in [9.17, 15) is 4.79 Å². The van der Waals surface area contributed by atoms with Gasteiger partial charge >= 0.3 is 0 Å². The number of amides is 1. The van der Waals surface area contributed by atoms with Crippen LogP contribution in [0.3, 0.4) is 0 Å². The van der Waals surface area contributed by atoms with E-state index in [2.05, 4.69) is 18.0 Å². The summed E-state index contributed by atoms with van der Waals surface area (Å²) >= 11 is 1.50. The van der Waals surface area contributed by atoms with Crippen LogP contribution in [0.15, 0.2) is 71.4 Å². The number of carbonyl (C=O) groups is 1. The summed E-state index contributed by atoms with van der Waals surface area (Å²) in [4.78, 5) is 24.4. The topological polar surface area (TPSA) is 68.5 Å². The fourth-order valence-corrected chi connectivity index (χ4v) is 4.74. The average molecular weight is 444 g/mol. The molecule has 0 bridgehead atoms. The molecular weight excluding hydrogens is 422 g/mol. The molecule has 5 aromatic rings. The van der Waals surface area contributed by atoms with Gasteiger partial charge < -0.3 is 9.15 Å². The SMILES string of the molecule is CCc1cccc2sc(N(Cc3cccnc3)C(=O)c3cc4cccc(OC)c4o3)nc12. The minimum atomic E-state index is -0.260. The Morgan fingerprint density at radius 2 is 2.03 bits per heavy atom. The molecule has 0 aliphatic heterocycles. The maximum absolute atomic E-state index is 13.7. The smallest absolute Gasteiger partial charge is 0.296 e. The number of rotatable bonds is 6. The lowest BCUT2D eigenvalue weighted by molar-refractivity contribution is 0.0960. The summed E-state index contributed by atoms with van der Waals surface area (Å²) in [5.74, 6) is 0.570. The Labute approximate surface area is 189 Å². The molecule has 3 aromatic heterocycles. The molecule has 0 saturated heterocycles. The van der Waals surface area contributed by atoms with Crippen LogP contribution in [0.4, 0.5) is 5.13 Å². The number of fused-ring (bicyclic) bond motifs is 2. The number of thiazole rings is 1. The normalized spacial score (nSPS) is 11.2. The number of hydrogen-bond donors (Lipinski definition) is 0. The lowest BCUT2D eigenvalue weighted by atomic mass is 10.1. The van der Waals surface area contributed by atoms with E-state index < -0.39 is 0 Å². The molecule has 32 heavy (non-hydrogen) atoms. The minimum absolute atomic E-state index is 0.239. The van der Waals surface area contributed by atoms with Crippen molar-refractivity contribution >= 4 is 43.6 Å². The molecule has 0 saturated carbocycles. The van der Waals surface area contributed by atoms with Gasteiger partial charge in [0, 0.05) is 17.8 Å². The number of hydrogen-bond acceptors (Lipinski definition) is 6. The molecule has 0 spiro atoms. The van der Waals surface area contributed by atoms with Crippen LogP contribution >= 0.6 is 11.3 Å². The van der Waals surface area contributed by atoms with Gasteiger partial charge in [0.1, 0.15) is 0 Å². The highest BCUT2D eigenvalue weighted by Crippen LogP contribution is 2.34. The predicted octanol–water partition coefficient (Wildman–Crippen LogP) is 5.86. The van der Waals surface area contributed by atoms with Gasteiger partial charge in [-0.15, -0.1) is 0 Å². The zero-order chi connectivity index (χ0) is 22.1. The van der Waals surface area contributed by atoms with Gasteiger partial charge in [-0.25, -0.2) is 4.98 Å². The van der Waals surface area contributed by atoms with Crippen molar-refractivity contribution in [1.29, 1.82) is 0 Å². The maximum atomic E-state index is 13.7. The number of carbonyl (C=O) groups excluding carboxylic acids is 1. The minimum Gasteiger partial charge on any atom is -0.493 e. The first-order chi connectivity index (χ1) is 15.7. The molecule has 0 aliphatic rings. The zero-order valence-electron chi connectivity index (χ0n) is 17.7. The number of para-hydroxylation sites is 2. The number of methoxy groups -OCH3 is 1. The number of furan rings is 1. The average Bonchev–Trinajstić information content (AvgIpc) is 3.46. The molecule has 5 rings (SSSR count). The van der Waals surface area contributed by atoms with Gasteiger partial charge in [-0.05, 0) is 41.8 Å². The largest absolute Gasteiger partial charge is 0.493 e. The maximum Gasteiger partial charge on any atom is 0.296 e. The van der Waals surface area contributed by atoms with Gasteiger partial charge in [0.15, 0.2) is 22.2 Å². The second-order valence-electron chi connectivity index (χ2n) is 7.36. The summed E-state index contributed by atoms with van der Waals surface area (Å²) < 4.78 is 12.4. The first-order valence-corrected chi connectivity index (χ1v) is 11.2. The van der Waals surface area contributed by atoms with E-state index in [1.807, 2.05) is 42.5 Å². The molecule has 2 aromatic carbocycles. The molecule has 0 unspecified atom stereocenters. The van der Waals surface area contributed by atoms with Crippen molar-refractivity contribution in [3.05, 3.63) is 83.9 Å². The Balaban J connectivity index is 1.61. The third-order valence-electron chi connectivity index (χ3n) is 5.35. The highest BCUT2D eigenvalue weighted by Gasteiger charge is 2.26. The Hall–Kier alpha value is -3.71. The Kier molecular flexibility index (Phi) is 5.33. The number of nitrogens with zero attached hydrogens (tertiary/aromatic N) is 3. The van der Waals surface area contributed by atoms with Crippen LogP contribution < -0.4 is 9.64 Å². The van der Waals surface area contributed by atoms with E-state index in [0.717, 1.165) is 33.2 Å². The van der Waals surface area contributed by atoms with Crippen LogP contribution in [-0.4, -0.2) is 23.0 Å². The summed E-state index contributed by atoms with van der Waals surface area (Å²) in [6, 6.07) is 17.3. The molecular formula is C25H21N3O3S. The summed E-state index contributed by atoms with van der Waals surface area (Å²) in [5.41, 5.74) is 3.55. The number of aromatic nitrogens is 2. The zero-order valence-corrected chi connectivity index (χ0v) is 18.6. The van der Waals surface area contributed by atoms with E-state index in [1.165, 1.54) is 11.3 Å². The standard InChI is InChI=1S/C25H21N3O3S/c1-3-17-8-5-11-21-22(17)27-25(32-21)28(15-16-7-6-12-26-14-16)24(29)20-13-18-9-4-10-19(30-2)23(18)31-20/h4-14H,3,15H2,1-2H3. The van der Waals surface area contributed by atoms with Crippen LogP contribution in [0.2, 0.25) is 0 Å². The molecule has 0 radical (unpaired) electrons. The van der Waals surface area contributed by atoms with Crippen LogP contribution in [0, 0.1) is 0 Å². The number of ether oxygens (including phenoxy) is 1. The van der Waals surface area contributed by atoms with E-state index in [-0.39, 0.29) is 11.7 Å². The molecule has 0 atom stereocenters. The van der Waals surface area contributed by atoms with Crippen LogP contribution in [0.5, 0.6) is 5.75 Å². The number of anilines is 1. The second kappa shape index (κ2) is 8.43. The highest BCUT2D eigenvalue weighted by molar-refractivity contribution is 7.22. The lowest BCUT2D eigenvalue weighted by Gasteiger charge is -2.18. The second-order valence-corrected chi connectivity index (χ2v) is 8.36. The van der Waals surface area contributed by atoms with Crippen LogP contribution in [0.25, 0.3) is 21.2 Å². The first-order valence-electron chi connectivity index (χ1n) is 10.3. The summed E-state index contributed by atoms with van der Waals surface area (Å²) in [5, 5.41) is 1.44. The van der Waals surface area contributed by atoms with Crippen molar-refractivity contribution in [1.82, 2.24) is 9.97 Å². The van der Waals surface area contributed by atoms with Gasteiger partial charge in [-0.3, -0.25) is 14.7 Å². The number of pyridine rings is 1. The molecule has 0 aliphatic carbocycles. The molecule has 1 amide bonds. The first kappa shape index (κ1) is 20.2. The quantitative estimate of drug-likeness (QED) is 0.329. The molecule has 3 heterocycles. The third-order valence-corrected chi connectivity index (χ3v) is 6.39. The monoisotopic (exact) mass is 443 g/mol. The predicted molar refractivity (Wildman–Crippen MR) is 127 cm³/mol. The van der Waals surface area contributed by atoms with Crippen molar-refractivity contribution in [2.75, 3.05) is 12.0 Å². The Morgan fingerprint density at radius 3 is 2.81 bits per heavy atom.